The molecule has 3 nitrogen and oxygen atoms in total. The van der Waals surface area contributed by atoms with Crippen LogP contribution in [0.5, 0.6) is 0 Å². The lowest BCUT2D eigenvalue weighted by Gasteiger charge is -2.59. The Labute approximate surface area is 206 Å². The van der Waals surface area contributed by atoms with Crippen LogP contribution in [0.15, 0.2) is 83.8 Å². The number of carbonyl (C=O) groups is 1. The van der Waals surface area contributed by atoms with Crippen molar-refractivity contribution in [3.8, 4) is 0 Å². The van der Waals surface area contributed by atoms with E-state index in [0.717, 1.165) is 32.5 Å². The van der Waals surface area contributed by atoms with E-state index in [1.54, 1.807) is 18.9 Å². The van der Waals surface area contributed by atoms with Crippen LogP contribution in [0.1, 0.15) is 41.0 Å². The molecule has 0 N–H and O–H groups in total. The lowest BCUT2D eigenvalue weighted by molar-refractivity contribution is -0.161. The molecule has 3 aromatic carbocycles. The summed E-state index contributed by atoms with van der Waals surface area (Å²) in [6, 6.07) is 28.7. The molecule has 3 aromatic rings. The molecule has 7 rings (SSSR count). The third kappa shape index (κ3) is 2.98. The number of ether oxygens (including phenoxy) is 1. The molecular weight excluding hydrogens is 438 g/mol. The van der Waals surface area contributed by atoms with Crippen LogP contribution in [0.2, 0.25) is 0 Å². The number of likely N-dealkylation sites (tertiary alicyclic amines) is 1. The number of thioether (sulfide) groups is 1. The van der Waals surface area contributed by atoms with Crippen molar-refractivity contribution in [2.24, 2.45) is 11.3 Å². The largest absolute Gasteiger partial charge is 0.469 e. The van der Waals surface area contributed by atoms with Crippen molar-refractivity contribution < 1.29 is 9.53 Å². The molecular formula is C30H31NO2S. The smallest absolute Gasteiger partial charge is 0.314 e. The van der Waals surface area contributed by atoms with Crippen LogP contribution in [-0.4, -0.2) is 37.3 Å². The molecule has 34 heavy (non-hydrogen) atoms. The highest BCUT2D eigenvalue weighted by molar-refractivity contribution is 7.98. The molecule has 174 valence electrons. The Morgan fingerprint density at radius 3 is 2.50 bits per heavy atom. The fourth-order valence-electron chi connectivity index (χ4n) is 7.57. The van der Waals surface area contributed by atoms with E-state index < -0.39 is 5.41 Å². The Hall–Kier alpha value is -2.56. The van der Waals surface area contributed by atoms with E-state index >= 15 is 0 Å². The first-order valence-electron chi connectivity index (χ1n) is 12.2. The van der Waals surface area contributed by atoms with Gasteiger partial charge in [0.25, 0.3) is 0 Å². The first kappa shape index (κ1) is 21.9. The van der Waals surface area contributed by atoms with Crippen molar-refractivity contribution in [3.05, 3.63) is 101 Å². The maximum atomic E-state index is 13.8. The van der Waals surface area contributed by atoms with Gasteiger partial charge in [-0.1, -0.05) is 66.7 Å². The summed E-state index contributed by atoms with van der Waals surface area (Å²) < 4.78 is 5.61. The van der Waals surface area contributed by atoms with Crippen molar-refractivity contribution in [1.82, 2.24) is 4.90 Å². The number of hydrogen-bond donors (Lipinski definition) is 0. The summed E-state index contributed by atoms with van der Waals surface area (Å²) in [5, 5.41) is 0. The van der Waals surface area contributed by atoms with Gasteiger partial charge in [-0.05, 0) is 53.5 Å². The van der Waals surface area contributed by atoms with Crippen LogP contribution in [0.4, 0.5) is 0 Å². The van der Waals surface area contributed by atoms with Gasteiger partial charge >= 0.3 is 5.97 Å². The molecule has 2 bridgehead atoms. The summed E-state index contributed by atoms with van der Waals surface area (Å²) in [7, 11) is 1.57. The highest BCUT2D eigenvalue weighted by Crippen LogP contribution is 2.69. The van der Waals surface area contributed by atoms with E-state index in [2.05, 4.69) is 90.0 Å². The first-order chi connectivity index (χ1) is 16.6. The predicted octanol–water partition coefficient (Wildman–Crippen LogP) is 5.88. The molecule has 0 aromatic heterocycles. The van der Waals surface area contributed by atoms with Crippen LogP contribution in [0.25, 0.3) is 0 Å². The molecule has 4 heteroatoms. The Bertz CT molecular complexity index is 1210. The molecule has 4 atom stereocenters. The molecule has 1 saturated carbocycles. The number of methoxy groups -OCH3 is 1. The van der Waals surface area contributed by atoms with Gasteiger partial charge in [-0.3, -0.25) is 9.69 Å². The number of nitrogens with zero attached hydrogens (tertiary/aromatic N) is 1. The molecule has 0 spiro atoms. The Morgan fingerprint density at radius 1 is 1.03 bits per heavy atom. The molecule has 3 aliphatic carbocycles. The highest BCUT2D eigenvalue weighted by Gasteiger charge is 2.70. The fraction of sp³-hybridized carbons (Fsp3) is 0.367. The SMILES string of the molecule is COC(=O)C12CN(Cc3ccccc3)CC1C1(c3ccc(SC)cc3)CCC2c2ccccc21. The van der Waals surface area contributed by atoms with Gasteiger partial charge in [0.15, 0.2) is 0 Å². The molecule has 0 amide bonds. The van der Waals surface area contributed by atoms with Crippen LogP contribution in [0.3, 0.4) is 0 Å². The second-order valence-corrected chi connectivity index (χ2v) is 11.0. The van der Waals surface area contributed by atoms with Crippen LogP contribution >= 0.6 is 11.8 Å². The monoisotopic (exact) mass is 469 g/mol. The van der Waals surface area contributed by atoms with Crippen molar-refractivity contribution in [1.29, 1.82) is 0 Å². The number of rotatable bonds is 5. The zero-order valence-corrected chi connectivity index (χ0v) is 20.7. The Morgan fingerprint density at radius 2 is 1.76 bits per heavy atom. The summed E-state index contributed by atoms with van der Waals surface area (Å²) in [4.78, 5) is 17.6. The quantitative estimate of drug-likeness (QED) is 0.345. The Balaban J connectivity index is 1.53. The zero-order chi connectivity index (χ0) is 23.3. The predicted molar refractivity (Wildman–Crippen MR) is 137 cm³/mol. The van der Waals surface area contributed by atoms with Crippen LogP contribution in [0, 0.1) is 11.3 Å². The number of benzene rings is 3. The van der Waals surface area contributed by atoms with Crippen LogP contribution in [-0.2, 0) is 21.5 Å². The zero-order valence-electron chi connectivity index (χ0n) is 19.9. The highest BCUT2D eigenvalue weighted by atomic mass is 32.2. The molecule has 1 saturated heterocycles. The van der Waals surface area contributed by atoms with Crippen molar-refractivity contribution in [2.45, 2.75) is 35.6 Å². The molecule has 1 heterocycles. The normalized spacial score (nSPS) is 29.5. The molecule has 1 aliphatic heterocycles. The van der Waals surface area contributed by atoms with Gasteiger partial charge in [-0.15, -0.1) is 11.8 Å². The number of fused-ring (bicyclic) bond motifs is 1. The minimum absolute atomic E-state index is 0.0302. The van der Waals surface area contributed by atoms with Gasteiger partial charge in [0, 0.05) is 41.8 Å². The second kappa shape index (κ2) is 8.28. The minimum atomic E-state index is -0.520. The first-order valence-corrected chi connectivity index (χ1v) is 13.4. The summed E-state index contributed by atoms with van der Waals surface area (Å²) >= 11 is 1.77. The second-order valence-electron chi connectivity index (χ2n) is 10.1. The molecule has 2 fully saturated rings. The van der Waals surface area contributed by atoms with Crippen molar-refractivity contribution >= 4 is 17.7 Å². The van der Waals surface area contributed by atoms with Gasteiger partial charge in [-0.25, -0.2) is 0 Å². The summed E-state index contributed by atoms with van der Waals surface area (Å²) in [6.45, 7) is 2.52. The maximum absolute atomic E-state index is 13.8. The number of esters is 1. The third-order valence-electron chi connectivity index (χ3n) is 8.83. The average molecular weight is 470 g/mol. The standard InChI is InChI=1S/C30H31NO2S/c1-33-28(32)30-20-31(18-21-8-4-3-5-9-21)19-27(30)29(22-12-14-23(34-2)15-13-22)17-16-26(30)24-10-6-7-11-25(24)29/h3-15,26-27H,16-20H2,1-2H3. The number of hydrogen-bond acceptors (Lipinski definition) is 4. The van der Waals surface area contributed by atoms with Crippen molar-refractivity contribution in [2.75, 3.05) is 26.5 Å². The average Bonchev–Trinajstić information content (AvgIpc) is 3.30. The van der Waals surface area contributed by atoms with E-state index in [0.29, 0.717) is 0 Å². The summed E-state index contributed by atoms with van der Waals surface area (Å²) in [5.74, 6) is 0.358. The van der Waals surface area contributed by atoms with E-state index in [1.807, 2.05) is 0 Å². The van der Waals surface area contributed by atoms with Gasteiger partial charge in [0.1, 0.15) is 0 Å². The minimum Gasteiger partial charge on any atom is -0.469 e. The van der Waals surface area contributed by atoms with Gasteiger partial charge in [0.2, 0.25) is 0 Å². The van der Waals surface area contributed by atoms with E-state index in [9.17, 15) is 4.79 Å². The lowest BCUT2D eigenvalue weighted by Crippen LogP contribution is -2.60. The van der Waals surface area contributed by atoms with Gasteiger partial charge in [-0.2, -0.15) is 0 Å². The van der Waals surface area contributed by atoms with E-state index in [4.69, 9.17) is 4.74 Å². The van der Waals surface area contributed by atoms with Crippen LogP contribution < -0.4 is 0 Å². The van der Waals surface area contributed by atoms with E-state index in [-0.39, 0.29) is 23.2 Å². The number of carbonyl (C=O) groups excluding carboxylic acids is 1. The van der Waals surface area contributed by atoms with E-state index in [1.165, 1.54) is 27.1 Å². The third-order valence-corrected chi connectivity index (χ3v) is 9.57. The topological polar surface area (TPSA) is 29.5 Å². The maximum Gasteiger partial charge on any atom is 0.314 e. The van der Waals surface area contributed by atoms with Crippen molar-refractivity contribution in [3.63, 3.8) is 0 Å². The molecule has 4 aliphatic rings. The fourth-order valence-corrected chi connectivity index (χ4v) is 7.98. The van der Waals surface area contributed by atoms with Gasteiger partial charge < -0.3 is 4.74 Å². The Kier molecular flexibility index (Phi) is 5.34. The molecule has 4 unspecified atom stereocenters. The summed E-state index contributed by atoms with van der Waals surface area (Å²) in [6.07, 6.45) is 4.22. The summed E-state index contributed by atoms with van der Waals surface area (Å²) in [5.41, 5.74) is 4.72. The van der Waals surface area contributed by atoms with Gasteiger partial charge in [0.05, 0.1) is 12.5 Å². The lowest BCUT2D eigenvalue weighted by atomic mass is 9.42. The molecule has 0 radical (unpaired) electrons.